The third-order valence-corrected chi connectivity index (χ3v) is 5.14. The van der Waals surface area contributed by atoms with Crippen LogP contribution in [0, 0.1) is 0 Å². The highest BCUT2D eigenvalue weighted by molar-refractivity contribution is 14.0. The van der Waals surface area contributed by atoms with Gasteiger partial charge in [-0.15, -0.1) is 35.3 Å². The lowest BCUT2D eigenvalue weighted by Crippen LogP contribution is -2.38. The Morgan fingerprint density at radius 2 is 2.00 bits per heavy atom. The molecule has 0 amide bonds. The Morgan fingerprint density at radius 3 is 2.62 bits per heavy atom. The first-order chi connectivity index (χ1) is 13.7. The van der Waals surface area contributed by atoms with Gasteiger partial charge in [0.25, 0.3) is 0 Å². The molecule has 0 saturated heterocycles. The van der Waals surface area contributed by atoms with Gasteiger partial charge >= 0.3 is 0 Å². The van der Waals surface area contributed by atoms with Gasteiger partial charge in [0.1, 0.15) is 5.01 Å². The Kier molecular flexibility index (Phi) is 9.59. The quantitative estimate of drug-likeness (QED) is 0.261. The van der Waals surface area contributed by atoms with Crippen molar-refractivity contribution in [3.8, 4) is 5.69 Å². The van der Waals surface area contributed by atoms with Crippen LogP contribution in [0.1, 0.15) is 43.0 Å². The van der Waals surface area contributed by atoms with Crippen LogP contribution in [0.2, 0.25) is 0 Å². The number of thiazole rings is 1. The molecule has 0 aliphatic carbocycles. The molecule has 1 aromatic carbocycles. The zero-order chi connectivity index (χ0) is 19.8. The second-order valence-corrected chi connectivity index (χ2v) is 7.75. The number of aromatic nitrogens is 3. The summed E-state index contributed by atoms with van der Waals surface area (Å²) < 4.78 is 1.86. The Morgan fingerprint density at radius 1 is 1.21 bits per heavy atom. The lowest BCUT2D eigenvalue weighted by molar-refractivity contribution is 0.793. The number of hydrogen-bond acceptors (Lipinski definition) is 4. The van der Waals surface area contributed by atoms with Crippen molar-refractivity contribution in [2.45, 2.75) is 39.7 Å². The average molecular weight is 524 g/mol. The van der Waals surface area contributed by atoms with Crippen LogP contribution < -0.4 is 10.6 Å². The molecule has 0 unspecified atom stereocenters. The molecular weight excluding hydrogens is 495 g/mol. The number of hydrogen-bond donors (Lipinski definition) is 2. The molecule has 3 rings (SSSR count). The second-order valence-electron chi connectivity index (χ2n) is 6.81. The second kappa shape index (κ2) is 11.9. The highest BCUT2D eigenvalue weighted by Gasteiger charge is 2.06. The predicted octanol–water partition coefficient (Wildman–Crippen LogP) is 4.37. The maximum absolute atomic E-state index is 4.67. The molecule has 0 aliphatic heterocycles. The van der Waals surface area contributed by atoms with Crippen molar-refractivity contribution in [3.05, 3.63) is 64.4 Å². The highest BCUT2D eigenvalue weighted by atomic mass is 127. The van der Waals surface area contributed by atoms with Crippen LogP contribution in [0.3, 0.4) is 0 Å². The number of halogens is 1. The summed E-state index contributed by atoms with van der Waals surface area (Å²) in [5.41, 5.74) is 3.49. The first kappa shape index (κ1) is 23.3. The minimum atomic E-state index is 0. The maximum Gasteiger partial charge on any atom is 0.191 e. The van der Waals surface area contributed by atoms with Gasteiger partial charge in [-0.1, -0.05) is 26.0 Å². The minimum absolute atomic E-state index is 0. The number of rotatable bonds is 8. The Balaban J connectivity index is 0.00000300. The smallest absolute Gasteiger partial charge is 0.191 e. The molecule has 3 aromatic rings. The monoisotopic (exact) mass is 524 g/mol. The molecule has 0 fully saturated rings. The van der Waals surface area contributed by atoms with Crippen molar-refractivity contribution in [1.29, 1.82) is 0 Å². The van der Waals surface area contributed by atoms with E-state index in [4.69, 9.17) is 0 Å². The largest absolute Gasteiger partial charge is 0.357 e. The summed E-state index contributed by atoms with van der Waals surface area (Å²) in [5, 5.41) is 14.1. The molecule has 0 spiro atoms. The number of nitrogens with one attached hydrogen (secondary N) is 2. The van der Waals surface area contributed by atoms with Crippen molar-refractivity contribution in [1.82, 2.24) is 25.4 Å². The zero-order valence-electron chi connectivity index (χ0n) is 17.1. The van der Waals surface area contributed by atoms with Crippen LogP contribution in [0.25, 0.3) is 5.69 Å². The van der Waals surface area contributed by atoms with Crippen molar-refractivity contribution in [2.24, 2.45) is 4.99 Å². The fourth-order valence-electron chi connectivity index (χ4n) is 2.71. The van der Waals surface area contributed by atoms with Crippen molar-refractivity contribution >= 4 is 41.3 Å². The molecule has 156 valence electrons. The Bertz CT molecular complexity index is 871. The summed E-state index contributed by atoms with van der Waals surface area (Å²) in [4.78, 5) is 9.31. The van der Waals surface area contributed by atoms with Crippen LogP contribution in [0.15, 0.2) is 53.1 Å². The fourth-order valence-corrected chi connectivity index (χ4v) is 3.59. The molecule has 0 saturated carbocycles. The molecule has 2 aromatic heterocycles. The SMILES string of the molecule is CCNC(=NCc1nc(C(C)C)cs1)NCCc1ccc(-n2cccn2)cc1.I. The van der Waals surface area contributed by atoms with Crippen molar-refractivity contribution in [2.75, 3.05) is 13.1 Å². The summed E-state index contributed by atoms with van der Waals surface area (Å²) in [6.07, 6.45) is 4.66. The minimum Gasteiger partial charge on any atom is -0.357 e. The summed E-state index contributed by atoms with van der Waals surface area (Å²) in [5.74, 6) is 1.29. The van der Waals surface area contributed by atoms with Gasteiger partial charge < -0.3 is 10.6 Å². The molecule has 2 N–H and O–H groups in total. The summed E-state index contributed by atoms with van der Waals surface area (Å²) in [7, 11) is 0. The highest BCUT2D eigenvalue weighted by Crippen LogP contribution is 2.18. The van der Waals surface area contributed by atoms with E-state index in [0.717, 1.165) is 41.9 Å². The van der Waals surface area contributed by atoms with E-state index in [1.165, 1.54) is 5.56 Å². The molecule has 0 atom stereocenters. The summed E-state index contributed by atoms with van der Waals surface area (Å²) >= 11 is 1.68. The van der Waals surface area contributed by atoms with Gasteiger partial charge in [-0.3, -0.25) is 0 Å². The van der Waals surface area contributed by atoms with Gasteiger partial charge in [0, 0.05) is 30.9 Å². The van der Waals surface area contributed by atoms with Crippen molar-refractivity contribution in [3.63, 3.8) is 0 Å². The average Bonchev–Trinajstić information content (AvgIpc) is 3.39. The first-order valence-electron chi connectivity index (χ1n) is 9.71. The van der Waals surface area contributed by atoms with Gasteiger partial charge in [0.15, 0.2) is 5.96 Å². The van der Waals surface area contributed by atoms with Crippen LogP contribution in [0.4, 0.5) is 0 Å². The molecule has 0 bridgehead atoms. The van der Waals surface area contributed by atoms with Crippen molar-refractivity contribution < 1.29 is 0 Å². The Hall–Kier alpha value is -1.94. The summed E-state index contributed by atoms with van der Waals surface area (Å²) in [6, 6.07) is 10.4. The third kappa shape index (κ3) is 7.11. The molecule has 29 heavy (non-hydrogen) atoms. The normalized spacial score (nSPS) is 11.4. The molecule has 2 heterocycles. The van der Waals surface area contributed by atoms with E-state index in [0.29, 0.717) is 12.5 Å². The zero-order valence-corrected chi connectivity index (χ0v) is 20.3. The van der Waals surface area contributed by atoms with E-state index in [-0.39, 0.29) is 24.0 Å². The third-order valence-electron chi connectivity index (χ3n) is 4.29. The van der Waals surface area contributed by atoms with E-state index in [2.05, 4.69) is 76.1 Å². The van der Waals surface area contributed by atoms with Crippen LogP contribution in [-0.2, 0) is 13.0 Å². The van der Waals surface area contributed by atoms with E-state index in [9.17, 15) is 0 Å². The number of nitrogens with zero attached hydrogens (tertiary/aromatic N) is 4. The van der Waals surface area contributed by atoms with Gasteiger partial charge in [-0.05, 0) is 43.0 Å². The number of benzene rings is 1. The van der Waals surface area contributed by atoms with E-state index in [1.54, 1.807) is 17.5 Å². The lowest BCUT2D eigenvalue weighted by atomic mass is 10.1. The first-order valence-corrected chi connectivity index (χ1v) is 10.6. The maximum atomic E-state index is 4.67. The topological polar surface area (TPSA) is 67.1 Å². The Labute approximate surface area is 193 Å². The molecule has 0 radical (unpaired) electrons. The number of aliphatic imine (C=N–C) groups is 1. The van der Waals surface area contributed by atoms with Gasteiger partial charge in [0.05, 0.1) is 17.9 Å². The fraction of sp³-hybridized carbons (Fsp3) is 0.381. The number of guanidine groups is 1. The van der Waals surface area contributed by atoms with Gasteiger partial charge in [0.2, 0.25) is 0 Å². The molecule has 8 heteroatoms. The van der Waals surface area contributed by atoms with Gasteiger partial charge in [-0.2, -0.15) is 5.10 Å². The molecule has 0 aliphatic rings. The van der Waals surface area contributed by atoms with Crippen LogP contribution in [-0.4, -0.2) is 33.8 Å². The molecule has 6 nitrogen and oxygen atoms in total. The van der Waals surface area contributed by atoms with Gasteiger partial charge in [-0.25, -0.2) is 14.7 Å². The molecular formula is C21H29IN6S. The van der Waals surface area contributed by atoms with Crippen LogP contribution >= 0.6 is 35.3 Å². The lowest BCUT2D eigenvalue weighted by Gasteiger charge is -2.11. The summed E-state index contributed by atoms with van der Waals surface area (Å²) in [6.45, 7) is 8.66. The van der Waals surface area contributed by atoms with E-state index < -0.39 is 0 Å². The van der Waals surface area contributed by atoms with E-state index >= 15 is 0 Å². The van der Waals surface area contributed by atoms with Crippen LogP contribution in [0.5, 0.6) is 0 Å². The standard InChI is InChI=1S/C21H28N6S.HI/c1-4-22-21(24-14-20-26-19(15-28-20)16(2)3)23-12-10-17-6-8-18(9-7-17)27-13-5-11-25-27;/h5-9,11,13,15-16H,4,10,12,14H2,1-3H3,(H2,22,23,24);1H. The van der Waals surface area contributed by atoms with E-state index in [1.807, 2.05) is 16.9 Å². The predicted molar refractivity (Wildman–Crippen MR) is 132 cm³/mol.